The van der Waals surface area contributed by atoms with Crippen LogP contribution in [0, 0.1) is 0 Å². The molecule has 0 aliphatic carbocycles. The van der Waals surface area contributed by atoms with Gasteiger partial charge < -0.3 is 0 Å². The standard InChI is InChI=1S/2C7H11.Ru/c2*1-3-5-7-6-4-2;/h2*3,5,7H,4H2,1-2H3;. The van der Waals surface area contributed by atoms with Crippen molar-refractivity contribution < 1.29 is 17.1 Å². The Kier molecular flexibility index (Phi) is 9.83. The molecular formula is C14H22Ru. The first-order chi connectivity index (χ1) is 7.28. The molecule has 0 rings (SSSR count). The second kappa shape index (κ2) is 10.1. The Labute approximate surface area is 102 Å². The van der Waals surface area contributed by atoms with Gasteiger partial charge in [-0.3, -0.25) is 0 Å². The van der Waals surface area contributed by atoms with Crippen LogP contribution in [0.2, 0.25) is 0 Å². The average Bonchev–Trinajstić information content (AvgIpc) is 2.28. The van der Waals surface area contributed by atoms with Crippen LogP contribution in [-0.2, 0) is 17.1 Å². The molecule has 0 bridgehead atoms. The van der Waals surface area contributed by atoms with E-state index in [1.807, 2.05) is 0 Å². The molecule has 0 nitrogen and oxygen atoms in total. The predicted octanol–water partition coefficient (Wildman–Crippen LogP) is 4.81. The van der Waals surface area contributed by atoms with Gasteiger partial charge in [-0.1, -0.05) is 0 Å². The van der Waals surface area contributed by atoms with Crippen LogP contribution in [0.4, 0.5) is 0 Å². The summed E-state index contributed by atoms with van der Waals surface area (Å²) < 4.78 is 3.19. The molecule has 0 aromatic carbocycles. The maximum atomic E-state index is 2.28. The van der Waals surface area contributed by atoms with Gasteiger partial charge >= 0.3 is 102 Å². The van der Waals surface area contributed by atoms with E-state index in [1.54, 1.807) is 8.33 Å². The van der Waals surface area contributed by atoms with E-state index in [0.717, 1.165) is 0 Å². The Morgan fingerprint density at radius 3 is 1.53 bits per heavy atom. The zero-order chi connectivity index (χ0) is 11.5. The van der Waals surface area contributed by atoms with Crippen molar-refractivity contribution in [3.63, 3.8) is 0 Å². The Bertz CT molecular complexity index is 239. The molecule has 0 aromatic heterocycles. The molecule has 1 heteroatoms. The summed E-state index contributed by atoms with van der Waals surface area (Å²) in [6, 6.07) is 0. The Hall–Kier alpha value is -0.417. The normalized spacial score (nSPS) is 14.7. The molecule has 0 aliphatic rings. The topological polar surface area (TPSA) is 0 Å². The number of allylic oxidation sites excluding steroid dienone is 8. The molecule has 0 fully saturated rings. The van der Waals surface area contributed by atoms with Gasteiger partial charge in [0.1, 0.15) is 0 Å². The van der Waals surface area contributed by atoms with Gasteiger partial charge in [-0.15, -0.1) is 0 Å². The molecule has 0 amide bonds. The fourth-order valence-corrected chi connectivity index (χ4v) is 2.92. The van der Waals surface area contributed by atoms with E-state index in [9.17, 15) is 0 Å². The molecule has 0 atom stereocenters. The van der Waals surface area contributed by atoms with Crippen molar-refractivity contribution in [3.05, 3.63) is 44.8 Å². The van der Waals surface area contributed by atoms with Crippen LogP contribution in [0.3, 0.4) is 0 Å². The van der Waals surface area contributed by atoms with Crippen molar-refractivity contribution in [3.8, 4) is 0 Å². The first kappa shape index (κ1) is 14.6. The van der Waals surface area contributed by atoms with E-state index in [0.29, 0.717) is 0 Å². The van der Waals surface area contributed by atoms with Gasteiger partial charge in [-0.25, -0.2) is 0 Å². The summed E-state index contributed by atoms with van der Waals surface area (Å²) in [6.45, 7) is 8.62. The summed E-state index contributed by atoms with van der Waals surface area (Å²) in [5.74, 6) is 0. The predicted molar refractivity (Wildman–Crippen MR) is 66.4 cm³/mol. The van der Waals surface area contributed by atoms with Gasteiger partial charge in [0, 0.05) is 0 Å². The van der Waals surface area contributed by atoms with Gasteiger partial charge in [-0.2, -0.15) is 0 Å². The van der Waals surface area contributed by atoms with Crippen molar-refractivity contribution >= 4 is 0 Å². The Morgan fingerprint density at radius 2 is 1.27 bits per heavy atom. The fraction of sp³-hybridized carbons (Fsp3) is 0.429. The third-order valence-corrected chi connectivity index (χ3v) is 4.74. The van der Waals surface area contributed by atoms with Gasteiger partial charge in [-0.05, 0) is 0 Å². The minimum absolute atomic E-state index is 0.274. The van der Waals surface area contributed by atoms with E-state index < -0.39 is 0 Å². The first-order valence-corrected chi connectivity index (χ1v) is 7.28. The number of rotatable bonds is 6. The van der Waals surface area contributed by atoms with E-state index >= 15 is 0 Å². The monoisotopic (exact) mass is 292 g/mol. The molecule has 0 saturated heterocycles. The van der Waals surface area contributed by atoms with Gasteiger partial charge in [0.25, 0.3) is 0 Å². The average molecular weight is 291 g/mol. The van der Waals surface area contributed by atoms with Crippen LogP contribution < -0.4 is 0 Å². The summed E-state index contributed by atoms with van der Waals surface area (Å²) >= 11 is 0.274. The summed E-state index contributed by atoms with van der Waals surface area (Å²) in [5, 5.41) is 0. The van der Waals surface area contributed by atoms with Crippen LogP contribution in [0.5, 0.6) is 0 Å². The summed E-state index contributed by atoms with van der Waals surface area (Å²) in [5.41, 5.74) is 0. The summed E-state index contributed by atoms with van der Waals surface area (Å²) in [7, 11) is 0. The fourth-order valence-electron chi connectivity index (χ4n) is 0.962. The minimum atomic E-state index is 0.274. The van der Waals surface area contributed by atoms with E-state index in [-0.39, 0.29) is 17.1 Å². The van der Waals surface area contributed by atoms with Crippen molar-refractivity contribution in [2.75, 3.05) is 0 Å². The molecule has 0 unspecified atom stereocenters. The molecule has 0 aromatic rings. The van der Waals surface area contributed by atoms with Gasteiger partial charge in [0.2, 0.25) is 0 Å². The molecule has 15 heavy (non-hydrogen) atoms. The van der Waals surface area contributed by atoms with E-state index in [2.05, 4.69) is 64.2 Å². The van der Waals surface area contributed by atoms with E-state index in [1.165, 1.54) is 12.8 Å². The zero-order valence-corrected chi connectivity index (χ0v) is 12.0. The van der Waals surface area contributed by atoms with Crippen LogP contribution in [0.15, 0.2) is 44.8 Å². The molecule has 0 radical (unpaired) electrons. The van der Waals surface area contributed by atoms with Crippen LogP contribution in [0.1, 0.15) is 40.5 Å². The van der Waals surface area contributed by atoms with Crippen molar-refractivity contribution in [2.24, 2.45) is 0 Å². The number of hydrogen-bond acceptors (Lipinski definition) is 0. The summed E-state index contributed by atoms with van der Waals surface area (Å²) in [4.78, 5) is 0. The molecule has 86 valence electrons. The van der Waals surface area contributed by atoms with Crippen molar-refractivity contribution in [2.45, 2.75) is 40.5 Å². The molecular weight excluding hydrogens is 269 g/mol. The van der Waals surface area contributed by atoms with Crippen LogP contribution in [-0.4, -0.2) is 0 Å². The van der Waals surface area contributed by atoms with Gasteiger partial charge in [0.05, 0.1) is 0 Å². The molecule has 0 heterocycles. The van der Waals surface area contributed by atoms with Crippen molar-refractivity contribution in [1.29, 1.82) is 0 Å². The Balaban J connectivity index is 4.50. The summed E-state index contributed by atoms with van der Waals surface area (Å²) in [6.07, 6.45) is 15.4. The maximum absolute atomic E-state index is 2.28. The quantitative estimate of drug-likeness (QED) is 0.486. The first-order valence-electron chi connectivity index (χ1n) is 5.54. The van der Waals surface area contributed by atoms with Crippen LogP contribution in [0.25, 0.3) is 0 Å². The molecule has 0 aliphatic heterocycles. The number of hydrogen-bond donors (Lipinski definition) is 0. The van der Waals surface area contributed by atoms with E-state index in [4.69, 9.17) is 0 Å². The third-order valence-electron chi connectivity index (χ3n) is 1.82. The SMILES string of the molecule is CC=CC=[C](CC)[Ru][C](=CC=CC)CC. The van der Waals surface area contributed by atoms with Crippen LogP contribution >= 0.6 is 0 Å². The Morgan fingerprint density at radius 1 is 0.867 bits per heavy atom. The second-order valence-electron chi connectivity index (χ2n) is 3.04. The van der Waals surface area contributed by atoms with Gasteiger partial charge in [0.15, 0.2) is 0 Å². The molecule has 0 N–H and O–H groups in total. The second-order valence-corrected chi connectivity index (χ2v) is 5.71. The van der Waals surface area contributed by atoms with Crippen molar-refractivity contribution in [1.82, 2.24) is 0 Å². The zero-order valence-electron chi connectivity index (χ0n) is 10.2. The third kappa shape index (κ3) is 7.51. The molecule has 0 spiro atoms. The molecule has 0 saturated carbocycles.